The van der Waals surface area contributed by atoms with E-state index in [2.05, 4.69) is 19.8 Å². The third kappa shape index (κ3) is 3.02. The minimum absolute atomic E-state index is 0.302. The van der Waals surface area contributed by atoms with E-state index in [1.165, 1.54) is 0 Å². The van der Waals surface area contributed by atoms with Crippen LogP contribution in [-0.4, -0.2) is 43.3 Å². The van der Waals surface area contributed by atoms with Gasteiger partial charge in [-0.15, -0.1) is 0 Å². The van der Waals surface area contributed by atoms with E-state index in [1.54, 1.807) is 7.11 Å². The van der Waals surface area contributed by atoms with Crippen LogP contribution in [0.25, 0.3) is 0 Å². The standard InChI is InChI=1S/C17H22N4O3/c1-3-12-15(18-17(23)19-16(12)22)21-10-8-20(9-11-21)13-6-4-5-7-14(13)24-2/h4-7H,3,8-11H2,1-2H3,(H2,18,19,22,23). The Bertz CT molecular complexity index is 819. The first-order chi connectivity index (χ1) is 11.6. The molecule has 0 aliphatic carbocycles. The predicted molar refractivity (Wildman–Crippen MR) is 94.5 cm³/mol. The lowest BCUT2D eigenvalue weighted by molar-refractivity contribution is 0.413. The van der Waals surface area contributed by atoms with Crippen LogP contribution in [-0.2, 0) is 6.42 Å². The van der Waals surface area contributed by atoms with Gasteiger partial charge in [0.15, 0.2) is 0 Å². The SMILES string of the molecule is CCc1c(N2CCN(c3ccccc3OC)CC2)[nH]c(=O)[nH]c1=O. The Hall–Kier alpha value is -2.70. The summed E-state index contributed by atoms with van der Waals surface area (Å²) in [5.74, 6) is 1.50. The van der Waals surface area contributed by atoms with Gasteiger partial charge in [0, 0.05) is 26.2 Å². The Morgan fingerprint density at radius 1 is 1.04 bits per heavy atom. The summed E-state index contributed by atoms with van der Waals surface area (Å²) in [7, 11) is 1.67. The lowest BCUT2D eigenvalue weighted by Gasteiger charge is -2.37. The summed E-state index contributed by atoms with van der Waals surface area (Å²) < 4.78 is 5.43. The van der Waals surface area contributed by atoms with Gasteiger partial charge in [-0.25, -0.2) is 4.79 Å². The van der Waals surface area contributed by atoms with Crippen LogP contribution >= 0.6 is 0 Å². The van der Waals surface area contributed by atoms with Gasteiger partial charge in [-0.3, -0.25) is 14.8 Å². The maximum absolute atomic E-state index is 12.0. The molecule has 3 rings (SSSR count). The van der Waals surface area contributed by atoms with Crippen LogP contribution in [0.1, 0.15) is 12.5 Å². The summed E-state index contributed by atoms with van der Waals surface area (Å²) in [4.78, 5) is 33.0. The Balaban J connectivity index is 1.81. The molecule has 0 radical (unpaired) electrons. The van der Waals surface area contributed by atoms with Crippen molar-refractivity contribution < 1.29 is 4.74 Å². The zero-order valence-corrected chi connectivity index (χ0v) is 14.0. The Labute approximate surface area is 139 Å². The molecule has 0 unspecified atom stereocenters. The molecule has 1 aromatic carbocycles. The maximum atomic E-state index is 12.0. The van der Waals surface area contributed by atoms with E-state index in [0.29, 0.717) is 17.8 Å². The molecule has 1 fully saturated rings. The fourth-order valence-electron chi connectivity index (χ4n) is 3.16. The average Bonchev–Trinajstić information content (AvgIpc) is 2.61. The number of para-hydroxylation sites is 2. The zero-order chi connectivity index (χ0) is 17.1. The van der Waals surface area contributed by atoms with Crippen LogP contribution in [0.2, 0.25) is 0 Å². The molecule has 1 aliphatic rings. The van der Waals surface area contributed by atoms with Gasteiger partial charge in [-0.05, 0) is 18.6 Å². The molecule has 0 bridgehead atoms. The minimum atomic E-state index is -0.459. The average molecular weight is 330 g/mol. The van der Waals surface area contributed by atoms with Crippen molar-refractivity contribution >= 4 is 11.5 Å². The van der Waals surface area contributed by atoms with E-state index < -0.39 is 5.69 Å². The summed E-state index contributed by atoms with van der Waals surface area (Å²) in [6, 6.07) is 7.94. The fourth-order valence-corrected chi connectivity index (χ4v) is 3.16. The highest BCUT2D eigenvalue weighted by Gasteiger charge is 2.22. The number of H-pyrrole nitrogens is 2. The van der Waals surface area contributed by atoms with Crippen molar-refractivity contribution in [1.82, 2.24) is 9.97 Å². The smallest absolute Gasteiger partial charge is 0.327 e. The quantitative estimate of drug-likeness (QED) is 0.873. The highest BCUT2D eigenvalue weighted by molar-refractivity contribution is 5.59. The predicted octanol–water partition coefficient (Wildman–Crippen LogP) is 0.961. The van der Waals surface area contributed by atoms with E-state index in [0.717, 1.165) is 37.6 Å². The topological polar surface area (TPSA) is 81.4 Å². The van der Waals surface area contributed by atoms with Crippen molar-refractivity contribution in [3.63, 3.8) is 0 Å². The highest BCUT2D eigenvalue weighted by atomic mass is 16.5. The van der Waals surface area contributed by atoms with E-state index in [4.69, 9.17) is 4.74 Å². The molecule has 0 amide bonds. The first kappa shape index (κ1) is 16.2. The number of hydrogen-bond acceptors (Lipinski definition) is 5. The molecule has 24 heavy (non-hydrogen) atoms. The third-order valence-corrected chi connectivity index (χ3v) is 4.39. The molecule has 0 atom stereocenters. The number of anilines is 2. The highest BCUT2D eigenvalue weighted by Crippen LogP contribution is 2.29. The first-order valence-electron chi connectivity index (χ1n) is 8.12. The van der Waals surface area contributed by atoms with Crippen molar-refractivity contribution in [3.05, 3.63) is 50.7 Å². The molecule has 2 aromatic rings. The van der Waals surface area contributed by atoms with E-state index in [1.807, 2.05) is 31.2 Å². The van der Waals surface area contributed by atoms with Crippen LogP contribution < -0.4 is 25.8 Å². The van der Waals surface area contributed by atoms with Crippen LogP contribution in [0, 0.1) is 0 Å². The molecule has 128 valence electrons. The number of piperazine rings is 1. The number of aromatic nitrogens is 2. The van der Waals surface area contributed by atoms with Crippen molar-refractivity contribution in [2.75, 3.05) is 43.1 Å². The summed E-state index contributed by atoms with van der Waals surface area (Å²) in [5.41, 5.74) is 0.929. The molecule has 7 nitrogen and oxygen atoms in total. The Morgan fingerprint density at radius 2 is 1.71 bits per heavy atom. The number of benzene rings is 1. The fraction of sp³-hybridized carbons (Fsp3) is 0.412. The van der Waals surface area contributed by atoms with Crippen LogP contribution in [0.15, 0.2) is 33.9 Å². The number of hydrogen-bond donors (Lipinski definition) is 2. The van der Waals surface area contributed by atoms with Gasteiger partial charge in [0.05, 0.1) is 18.4 Å². The third-order valence-electron chi connectivity index (χ3n) is 4.39. The van der Waals surface area contributed by atoms with Crippen molar-refractivity contribution in [2.45, 2.75) is 13.3 Å². The summed E-state index contributed by atoms with van der Waals surface area (Å²) in [5, 5.41) is 0. The molecule has 1 saturated heterocycles. The Morgan fingerprint density at radius 3 is 2.38 bits per heavy atom. The molecule has 0 spiro atoms. The molecule has 1 aliphatic heterocycles. The number of ether oxygens (including phenoxy) is 1. The lowest BCUT2D eigenvalue weighted by atomic mass is 10.2. The summed E-state index contributed by atoms with van der Waals surface area (Å²) in [6.07, 6.45) is 0.578. The second kappa shape index (κ2) is 6.82. The van der Waals surface area contributed by atoms with Crippen LogP contribution in [0.5, 0.6) is 5.75 Å². The number of methoxy groups -OCH3 is 1. The Kier molecular flexibility index (Phi) is 4.59. The largest absolute Gasteiger partial charge is 0.495 e. The molecular formula is C17H22N4O3. The summed E-state index contributed by atoms with van der Waals surface area (Å²) >= 11 is 0. The van der Waals surface area contributed by atoms with E-state index in [9.17, 15) is 9.59 Å². The molecule has 0 saturated carbocycles. The molecule has 7 heteroatoms. The monoisotopic (exact) mass is 330 g/mol. The van der Waals surface area contributed by atoms with Gasteiger partial charge >= 0.3 is 5.69 Å². The van der Waals surface area contributed by atoms with Crippen molar-refractivity contribution in [3.8, 4) is 5.75 Å². The molecule has 2 heterocycles. The van der Waals surface area contributed by atoms with Gasteiger partial charge in [0.1, 0.15) is 11.6 Å². The second-order valence-electron chi connectivity index (χ2n) is 5.73. The zero-order valence-electron chi connectivity index (χ0n) is 14.0. The minimum Gasteiger partial charge on any atom is -0.495 e. The second-order valence-corrected chi connectivity index (χ2v) is 5.73. The van der Waals surface area contributed by atoms with E-state index >= 15 is 0 Å². The number of rotatable bonds is 4. The van der Waals surface area contributed by atoms with Gasteiger partial charge in [-0.1, -0.05) is 19.1 Å². The molecule has 1 aromatic heterocycles. The normalized spacial score (nSPS) is 14.8. The van der Waals surface area contributed by atoms with Gasteiger partial charge in [-0.2, -0.15) is 0 Å². The summed E-state index contributed by atoms with van der Waals surface area (Å²) in [6.45, 7) is 4.95. The van der Waals surface area contributed by atoms with Crippen molar-refractivity contribution in [2.24, 2.45) is 0 Å². The van der Waals surface area contributed by atoms with Crippen LogP contribution in [0.3, 0.4) is 0 Å². The molecular weight excluding hydrogens is 308 g/mol. The van der Waals surface area contributed by atoms with Gasteiger partial charge in [0.2, 0.25) is 0 Å². The van der Waals surface area contributed by atoms with Crippen LogP contribution in [0.4, 0.5) is 11.5 Å². The lowest BCUT2D eigenvalue weighted by Crippen LogP contribution is -2.48. The van der Waals surface area contributed by atoms with Crippen molar-refractivity contribution in [1.29, 1.82) is 0 Å². The maximum Gasteiger partial charge on any atom is 0.327 e. The first-order valence-corrected chi connectivity index (χ1v) is 8.12. The number of nitrogens with one attached hydrogen (secondary N) is 2. The number of nitrogens with zero attached hydrogens (tertiary/aromatic N) is 2. The molecule has 2 N–H and O–H groups in total. The van der Waals surface area contributed by atoms with Gasteiger partial charge in [0.25, 0.3) is 5.56 Å². The van der Waals surface area contributed by atoms with Gasteiger partial charge < -0.3 is 14.5 Å². The van der Waals surface area contributed by atoms with E-state index in [-0.39, 0.29) is 5.56 Å². The number of aromatic amines is 2.